The number of nitrogens with zero attached hydrogens (tertiary/aromatic N) is 1. The first kappa shape index (κ1) is 26.2. The molecule has 38 heavy (non-hydrogen) atoms. The number of methoxy groups -OCH3 is 1. The van der Waals surface area contributed by atoms with Gasteiger partial charge in [0.25, 0.3) is 0 Å². The lowest BCUT2D eigenvalue weighted by Gasteiger charge is -2.56. The maximum absolute atomic E-state index is 13.7. The Labute approximate surface area is 223 Å². The Kier molecular flexibility index (Phi) is 7.68. The number of guanidine groups is 1. The summed E-state index contributed by atoms with van der Waals surface area (Å²) in [6, 6.07) is 13.1. The second-order valence-electron chi connectivity index (χ2n) is 11.5. The molecule has 1 unspecified atom stereocenters. The van der Waals surface area contributed by atoms with E-state index in [0.29, 0.717) is 18.4 Å². The topological polar surface area (TPSA) is 106 Å². The number of rotatable bonds is 9. The number of aliphatic imine (C=N–C) groups is 1. The Bertz CT molecular complexity index is 1160. The van der Waals surface area contributed by atoms with E-state index in [1.54, 1.807) is 12.1 Å². The third kappa shape index (κ3) is 6.17. The first-order valence-corrected chi connectivity index (χ1v) is 13.6. The molecule has 7 nitrogen and oxygen atoms in total. The molecule has 4 fully saturated rings. The number of ether oxygens (including phenoxy) is 1. The fraction of sp³-hybridized carbons (Fsp3) is 0.500. The number of amides is 2. The number of carbonyl (C=O) groups excluding carboxylic acids is 2. The summed E-state index contributed by atoms with van der Waals surface area (Å²) in [6.45, 7) is 0.175. The molecule has 0 aromatic heterocycles. The summed E-state index contributed by atoms with van der Waals surface area (Å²) in [5.41, 5.74) is 7.88. The highest BCUT2D eigenvalue weighted by Crippen LogP contribution is 2.61. The van der Waals surface area contributed by atoms with Crippen LogP contribution in [0.4, 0.5) is 4.39 Å². The average Bonchev–Trinajstić information content (AvgIpc) is 2.87. The van der Waals surface area contributed by atoms with E-state index >= 15 is 0 Å². The molecular formula is C30H37FN4O3. The van der Waals surface area contributed by atoms with Crippen molar-refractivity contribution in [3.63, 3.8) is 0 Å². The minimum absolute atomic E-state index is 0.0424. The summed E-state index contributed by atoms with van der Waals surface area (Å²) >= 11 is 0. The molecule has 0 aliphatic heterocycles. The SMILES string of the molecule is COc1cc(CNC(=O)C(Cc2ccccc2)N=C(N)NC(=O)CC23CC4CC(CC(C4)C2)C3)ccc1F. The van der Waals surface area contributed by atoms with Crippen LogP contribution in [-0.2, 0) is 22.6 Å². The fourth-order valence-electron chi connectivity index (χ4n) is 7.39. The molecule has 2 aromatic rings. The summed E-state index contributed by atoms with van der Waals surface area (Å²) in [5, 5.41) is 5.63. The van der Waals surface area contributed by atoms with Crippen molar-refractivity contribution >= 4 is 17.8 Å². The highest BCUT2D eigenvalue weighted by atomic mass is 19.1. The largest absolute Gasteiger partial charge is 0.494 e. The van der Waals surface area contributed by atoms with Crippen LogP contribution >= 0.6 is 0 Å². The molecule has 4 aliphatic carbocycles. The lowest BCUT2D eigenvalue weighted by molar-refractivity contribution is -0.128. The highest BCUT2D eigenvalue weighted by molar-refractivity contribution is 5.97. The third-order valence-corrected chi connectivity index (χ3v) is 8.52. The van der Waals surface area contributed by atoms with Gasteiger partial charge in [0.05, 0.1) is 7.11 Å². The van der Waals surface area contributed by atoms with Crippen molar-refractivity contribution in [3.8, 4) is 5.75 Å². The molecule has 4 saturated carbocycles. The van der Waals surface area contributed by atoms with Gasteiger partial charge < -0.3 is 15.8 Å². The Balaban J connectivity index is 1.24. The van der Waals surface area contributed by atoms with E-state index in [0.717, 1.165) is 42.6 Å². The number of hydrogen-bond donors (Lipinski definition) is 3. The Morgan fingerprint density at radius 1 is 1.05 bits per heavy atom. The smallest absolute Gasteiger partial charge is 0.245 e. The molecule has 0 radical (unpaired) electrons. The van der Waals surface area contributed by atoms with Crippen molar-refractivity contribution in [2.24, 2.45) is 33.9 Å². The first-order chi connectivity index (χ1) is 18.3. The molecule has 4 bridgehead atoms. The van der Waals surface area contributed by atoms with Crippen LogP contribution in [0, 0.1) is 29.0 Å². The molecule has 0 heterocycles. The third-order valence-electron chi connectivity index (χ3n) is 8.52. The van der Waals surface area contributed by atoms with Gasteiger partial charge in [-0.1, -0.05) is 36.4 Å². The van der Waals surface area contributed by atoms with Gasteiger partial charge in [-0.2, -0.15) is 0 Å². The summed E-state index contributed by atoms with van der Waals surface area (Å²) in [4.78, 5) is 30.6. The van der Waals surface area contributed by atoms with Crippen LogP contribution in [0.5, 0.6) is 5.75 Å². The zero-order chi connectivity index (χ0) is 26.7. The zero-order valence-electron chi connectivity index (χ0n) is 21.9. The standard InChI is InChI=1S/C30H37FN4O3/c1-38-26-13-20(7-8-24(26)31)18-33-28(37)25(12-19-5-3-2-4-6-19)34-29(32)35-27(36)17-30-14-21-9-22(15-30)11-23(10-21)16-30/h2-8,13,21-23,25H,9-12,14-18H2,1H3,(H,33,37)(H3,32,34,35,36). The van der Waals surface area contributed by atoms with Gasteiger partial charge >= 0.3 is 0 Å². The number of nitrogens with two attached hydrogens (primary N) is 1. The first-order valence-electron chi connectivity index (χ1n) is 13.6. The monoisotopic (exact) mass is 520 g/mol. The van der Waals surface area contributed by atoms with Gasteiger partial charge in [0, 0.05) is 19.4 Å². The molecule has 0 saturated heterocycles. The van der Waals surface area contributed by atoms with Crippen molar-refractivity contribution in [1.29, 1.82) is 0 Å². The van der Waals surface area contributed by atoms with Crippen LogP contribution in [0.2, 0.25) is 0 Å². The van der Waals surface area contributed by atoms with E-state index in [1.807, 2.05) is 30.3 Å². The Hall–Kier alpha value is -3.42. The molecule has 2 amide bonds. The number of benzene rings is 2. The number of hydrogen-bond acceptors (Lipinski definition) is 4. The molecule has 0 spiro atoms. The minimum Gasteiger partial charge on any atom is -0.494 e. The number of nitrogens with one attached hydrogen (secondary N) is 2. The van der Waals surface area contributed by atoms with Crippen molar-refractivity contribution in [2.75, 3.05) is 7.11 Å². The molecule has 2 aromatic carbocycles. The summed E-state index contributed by atoms with van der Waals surface area (Å²) in [5.74, 6) is 1.44. The van der Waals surface area contributed by atoms with Crippen molar-refractivity contribution in [1.82, 2.24) is 10.6 Å². The summed E-state index contributed by atoms with van der Waals surface area (Å²) in [6.07, 6.45) is 8.17. The maximum atomic E-state index is 13.7. The fourth-order valence-corrected chi connectivity index (χ4v) is 7.39. The van der Waals surface area contributed by atoms with Crippen molar-refractivity contribution < 1.29 is 18.7 Å². The van der Waals surface area contributed by atoms with Crippen LogP contribution in [0.25, 0.3) is 0 Å². The van der Waals surface area contributed by atoms with Gasteiger partial charge in [-0.15, -0.1) is 0 Å². The van der Waals surface area contributed by atoms with E-state index in [-0.39, 0.29) is 35.5 Å². The van der Waals surface area contributed by atoms with Gasteiger partial charge in [0.1, 0.15) is 6.04 Å². The molecular weight excluding hydrogens is 483 g/mol. The number of carbonyl (C=O) groups is 2. The van der Waals surface area contributed by atoms with E-state index in [2.05, 4.69) is 15.6 Å². The van der Waals surface area contributed by atoms with Gasteiger partial charge in [0.2, 0.25) is 11.8 Å². The Morgan fingerprint density at radius 2 is 1.71 bits per heavy atom. The van der Waals surface area contributed by atoms with E-state index in [1.165, 1.54) is 32.4 Å². The van der Waals surface area contributed by atoms with Gasteiger partial charge in [-0.05, 0) is 85.0 Å². The zero-order valence-corrected chi connectivity index (χ0v) is 21.9. The van der Waals surface area contributed by atoms with Gasteiger partial charge in [-0.3, -0.25) is 14.9 Å². The van der Waals surface area contributed by atoms with E-state index in [4.69, 9.17) is 10.5 Å². The molecule has 202 valence electrons. The quantitative estimate of drug-likeness (QED) is 0.342. The molecule has 6 rings (SSSR count). The highest BCUT2D eigenvalue weighted by Gasteiger charge is 2.51. The predicted octanol–water partition coefficient (Wildman–Crippen LogP) is 4.10. The van der Waals surface area contributed by atoms with Crippen LogP contribution in [-0.4, -0.2) is 30.9 Å². The molecule has 4 aliphatic rings. The second-order valence-corrected chi connectivity index (χ2v) is 11.5. The van der Waals surface area contributed by atoms with E-state index < -0.39 is 11.9 Å². The predicted molar refractivity (Wildman–Crippen MR) is 144 cm³/mol. The number of halogens is 1. The lowest BCUT2D eigenvalue weighted by Crippen LogP contribution is -2.49. The average molecular weight is 521 g/mol. The second kappa shape index (κ2) is 11.1. The van der Waals surface area contributed by atoms with Crippen molar-refractivity contribution in [2.45, 2.75) is 64.0 Å². The summed E-state index contributed by atoms with van der Waals surface area (Å²) in [7, 11) is 1.39. The van der Waals surface area contributed by atoms with Crippen LogP contribution in [0.15, 0.2) is 53.5 Å². The Morgan fingerprint density at radius 3 is 2.34 bits per heavy atom. The van der Waals surface area contributed by atoms with Crippen LogP contribution in [0.1, 0.15) is 56.1 Å². The summed E-state index contributed by atoms with van der Waals surface area (Å²) < 4.78 is 18.8. The molecule has 8 heteroatoms. The molecule has 4 N–H and O–H groups in total. The van der Waals surface area contributed by atoms with E-state index in [9.17, 15) is 14.0 Å². The minimum atomic E-state index is -0.834. The van der Waals surface area contributed by atoms with Crippen LogP contribution in [0.3, 0.4) is 0 Å². The van der Waals surface area contributed by atoms with Gasteiger partial charge in [-0.25, -0.2) is 9.38 Å². The maximum Gasteiger partial charge on any atom is 0.245 e. The van der Waals surface area contributed by atoms with Crippen molar-refractivity contribution in [3.05, 3.63) is 65.5 Å². The lowest BCUT2D eigenvalue weighted by atomic mass is 9.49. The normalized spacial score (nSPS) is 26.6. The molecule has 1 atom stereocenters. The van der Waals surface area contributed by atoms with Gasteiger partial charge in [0.15, 0.2) is 17.5 Å². The van der Waals surface area contributed by atoms with Crippen LogP contribution < -0.4 is 21.1 Å².